The first-order chi connectivity index (χ1) is 14.4. The summed E-state index contributed by atoms with van der Waals surface area (Å²) >= 11 is 1.12. The van der Waals surface area contributed by atoms with E-state index in [-0.39, 0.29) is 21.9 Å². The second-order valence-electron chi connectivity index (χ2n) is 6.15. The number of carbonyl (C=O) groups is 1. The highest BCUT2D eigenvalue weighted by molar-refractivity contribution is 7.14. The lowest BCUT2D eigenvalue weighted by Gasteiger charge is -2.03. The Kier molecular flexibility index (Phi) is 4.98. The standard InChI is InChI=1S/C20H13N3O6S/c1-28-14-5-6-17-12(8-14)9-15(19(25)29-17)16-10-30-20(21-16)22-18(24)11-3-2-4-13(7-11)23(26)27/h2-10H,1H3,(H,21,22,24). The number of nitrogens with zero attached hydrogens (tertiary/aromatic N) is 2. The Hall–Kier alpha value is -4.05. The third-order valence-electron chi connectivity index (χ3n) is 4.26. The zero-order valence-corrected chi connectivity index (χ0v) is 16.3. The summed E-state index contributed by atoms with van der Waals surface area (Å²) in [7, 11) is 1.54. The molecule has 1 N–H and O–H groups in total. The summed E-state index contributed by atoms with van der Waals surface area (Å²) in [5.74, 6) is 0.0698. The molecular formula is C20H13N3O6S. The summed E-state index contributed by atoms with van der Waals surface area (Å²) in [6.45, 7) is 0. The van der Waals surface area contributed by atoms with Crippen molar-refractivity contribution >= 4 is 39.0 Å². The van der Waals surface area contributed by atoms with E-state index in [1.54, 1.807) is 29.6 Å². The number of carbonyl (C=O) groups excluding carboxylic acids is 1. The number of hydrogen-bond donors (Lipinski definition) is 1. The number of thiazole rings is 1. The Morgan fingerprint density at radius 3 is 2.83 bits per heavy atom. The van der Waals surface area contributed by atoms with Crippen molar-refractivity contribution in [1.82, 2.24) is 4.98 Å². The lowest BCUT2D eigenvalue weighted by atomic mass is 10.1. The number of methoxy groups -OCH3 is 1. The number of hydrogen-bond acceptors (Lipinski definition) is 8. The van der Waals surface area contributed by atoms with Gasteiger partial charge in [0.15, 0.2) is 5.13 Å². The molecule has 0 aliphatic heterocycles. The van der Waals surface area contributed by atoms with Gasteiger partial charge in [-0.05, 0) is 30.3 Å². The van der Waals surface area contributed by atoms with Crippen LogP contribution in [0.4, 0.5) is 10.8 Å². The van der Waals surface area contributed by atoms with Crippen molar-refractivity contribution in [3.05, 3.63) is 80.0 Å². The van der Waals surface area contributed by atoms with Crippen molar-refractivity contribution in [2.45, 2.75) is 0 Å². The summed E-state index contributed by atoms with van der Waals surface area (Å²) in [5, 5.41) is 16.0. The molecule has 9 nitrogen and oxygen atoms in total. The fourth-order valence-corrected chi connectivity index (χ4v) is 3.50. The number of rotatable bonds is 5. The molecule has 4 rings (SSSR count). The maximum Gasteiger partial charge on any atom is 0.345 e. The summed E-state index contributed by atoms with van der Waals surface area (Å²) < 4.78 is 10.5. The van der Waals surface area contributed by atoms with Gasteiger partial charge in [-0.3, -0.25) is 20.2 Å². The first kappa shape index (κ1) is 19.3. The van der Waals surface area contributed by atoms with Gasteiger partial charge >= 0.3 is 5.63 Å². The summed E-state index contributed by atoms with van der Waals surface area (Å²) in [5.41, 5.74) is 0.370. The largest absolute Gasteiger partial charge is 0.497 e. The molecule has 0 unspecified atom stereocenters. The Bertz CT molecular complexity index is 1340. The molecule has 4 aromatic rings. The highest BCUT2D eigenvalue weighted by atomic mass is 32.1. The van der Waals surface area contributed by atoms with E-state index in [1.165, 1.54) is 31.4 Å². The maximum atomic E-state index is 12.4. The van der Waals surface area contributed by atoms with Gasteiger partial charge in [-0.25, -0.2) is 9.78 Å². The van der Waals surface area contributed by atoms with Crippen LogP contribution in [0, 0.1) is 10.1 Å². The van der Waals surface area contributed by atoms with Crippen molar-refractivity contribution in [3.63, 3.8) is 0 Å². The Morgan fingerprint density at radius 1 is 1.23 bits per heavy atom. The molecule has 0 spiro atoms. The van der Waals surface area contributed by atoms with Crippen LogP contribution in [0.5, 0.6) is 5.75 Å². The number of nitro benzene ring substituents is 1. The van der Waals surface area contributed by atoms with E-state index in [9.17, 15) is 19.7 Å². The van der Waals surface area contributed by atoms with Gasteiger partial charge in [0, 0.05) is 28.5 Å². The molecular weight excluding hydrogens is 410 g/mol. The molecule has 30 heavy (non-hydrogen) atoms. The van der Waals surface area contributed by atoms with Crippen LogP contribution in [0.15, 0.2) is 63.1 Å². The van der Waals surface area contributed by atoms with Crippen molar-refractivity contribution in [1.29, 1.82) is 0 Å². The van der Waals surface area contributed by atoms with Crippen LogP contribution in [0.1, 0.15) is 10.4 Å². The summed E-state index contributed by atoms with van der Waals surface area (Å²) in [4.78, 5) is 39.3. The van der Waals surface area contributed by atoms with Gasteiger partial charge in [0.25, 0.3) is 11.6 Å². The molecule has 0 atom stereocenters. The SMILES string of the molecule is COc1ccc2oc(=O)c(-c3csc(NC(=O)c4cccc([N+](=O)[O-])c4)n3)cc2c1. The second-order valence-corrected chi connectivity index (χ2v) is 7.01. The zero-order chi connectivity index (χ0) is 21.3. The fraction of sp³-hybridized carbons (Fsp3) is 0.0500. The van der Waals surface area contributed by atoms with Crippen LogP contribution in [0.25, 0.3) is 22.2 Å². The average molecular weight is 423 g/mol. The van der Waals surface area contributed by atoms with Crippen molar-refractivity contribution < 1.29 is 18.9 Å². The van der Waals surface area contributed by atoms with E-state index in [4.69, 9.17) is 9.15 Å². The smallest absolute Gasteiger partial charge is 0.345 e. The lowest BCUT2D eigenvalue weighted by Crippen LogP contribution is -2.12. The number of fused-ring (bicyclic) bond motifs is 1. The van der Waals surface area contributed by atoms with E-state index in [0.717, 1.165) is 11.3 Å². The monoisotopic (exact) mass is 423 g/mol. The molecule has 0 radical (unpaired) electrons. The highest BCUT2D eigenvalue weighted by Gasteiger charge is 2.16. The molecule has 0 saturated heterocycles. The predicted molar refractivity (Wildman–Crippen MR) is 111 cm³/mol. The summed E-state index contributed by atoms with van der Waals surface area (Å²) in [6.07, 6.45) is 0. The van der Waals surface area contributed by atoms with Crippen molar-refractivity contribution in [3.8, 4) is 17.0 Å². The fourth-order valence-electron chi connectivity index (χ4n) is 2.79. The predicted octanol–water partition coefficient (Wildman–Crippen LogP) is 4.09. The quantitative estimate of drug-likeness (QED) is 0.291. The number of anilines is 1. The van der Waals surface area contributed by atoms with E-state index >= 15 is 0 Å². The lowest BCUT2D eigenvalue weighted by molar-refractivity contribution is -0.384. The molecule has 1 amide bonds. The molecule has 2 aromatic carbocycles. The van der Waals surface area contributed by atoms with E-state index in [0.29, 0.717) is 22.4 Å². The molecule has 10 heteroatoms. The molecule has 2 aromatic heterocycles. The van der Waals surface area contributed by atoms with Crippen LogP contribution in [0.2, 0.25) is 0 Å². The van der Waals surface area contributed by atoms with Gasteiger partial charge in [0.2, 0.25) is 0 Å². The van der Waals surface area contributed by atoms with Crippen molar-refractivity contribution in [2.75, 3.05) is 12.4 Å². The first-order valence-electron chi connectivity index (χ1n) is 8.58. The zero-order valence-electron chi connectivity index (χ0n) is 15.4. The van der Waals surface area contributed by atoms with Gasteiger partial charge in [-0.1, -0.05) is 6.07 Å². The van der Waals surface area contributed by atoms with Crippen LogP contribution in [0.3, 0.4) is 0 Å². The van der Waals surface area contributed by atoms with Gasteiger partial charge in [-0.15, -0.1) is 11.3 Å². The molecule has 150 valence electrons. The van der Waals surface area contributed by atoms with Crippen LogP contribution < -0.4 is 15.7 Å². The number of aromatic nitrogens is 1. The number of nitro groups is 1. The minimum atomic E-state index is -0.577. The molecule has 0 aliphatic rings. The molecule has 0 bridgehead atoms. The Morgan fingerprint density at radius 2 is 2.07 bits per heavy atom. The topological polar surface area (TPSA) is 125 Å². The first-order valence-corrected chi connectivity index (χ1v) is 9.46. The molecule has 0 aliphatic carbocycles. The highest BCUT2D eigenvalue weighted by Crippen LogP contribution is 2.27. The summed E-state index contributed by atoms with van der Waals surface area (Å²) in [6, 6.07) is 12.1. The molecule has 0 saturated carbocycles. The van der Waals surface area contributed by atoms with E-state index in [1.807, 2.05) is 0 Å². The second kappa shape index (κ2) is 7.76. The van der Waals surface area contributed by atoms with Crippen LogP contribution in [-0.4, -0.2) is 22.9 Å². The number of non-ortho nitro benzene ring substituents is 1. The number of benzene rings is 2. The van der Waals surface area contributed by atoms with Gasteiger partial charge in [-0.2, -0.15) is 0 Å². The maximum absolute atomic E-state index is 12.4. The third-order valence-corrected chi connectivity index (χ3v) is 5.02. The number of nitrogens with one attached hydrogen (secondary N) is 1. The van der Waals surface area contributed by atoms with E-state index < -0.39 is 16.5 Å². The van der Waals surface area contributed by atoms with E-state index in [2.05, 4.69) is 10.3 Å². The molecule has 0 fully saturated rings. The average Bonchev–Trinajstić information content (AvgIpc) is 3.21. The Labute approximate surface area is 172 Å². The number of amides is 1. The third kappa shape index (κ3) is 3.76. The number of ether oxygens (including phenoxy) is 1. The van der Waals surface area contributed by atoms with Gasteiger partial charge in [0.05, 0.1) is 23.3 Å². The van der Waals surface area contributed by atoms with Crippen LogP contribution in [-0.2, 0) is 0 Å². The minimum Gasteiger partial charge on any atom is -0.497 e. The van der Waals surface area contributed by atoms with Gasteiger partial charge < -0.3 is 9.15 Å². The molecule has 2 heterocycles. The minimum absolute atomic E-state index is 0.123. The van der Waals surface area contributed by atoms with Crippen molar-refractivity contribution in [2.24, 2.45) is 0 Å². The van der Waals surface area contributed by atoms with Gasteiger partial charge in [0.1, 0.15) is 11.3 Å². The normalized spacial score (nSPS) is 10.7. The Balaban J connectivity index is 1.62. The van der Waals surface area contributed by atoms with Crippen LogP contribution >= 0.6 is 11.3 Å².